The fraction of sp³-hybridized carbons (Fsp3) is 0. The van der Waals surface area contributed by atoms with Gasteiger partial charge < -0.3 is 0 Å². The SMILES string of the molecule is O=S(=O)(O)c1ccc2ncc(Cl)nc2c1. The van der Waals surface area contributed by atoms with Gasteiger partial charge in [0, 0.05) is 0 Å². The molecule has 2 aromatic rings. The lowest BCUT2D eigenvalue weighted by Gasteiger charge is -1.99. The van der Waals surface area contributed by atoms with E-state index in [0.717, 1.165) is 0 Å². The van der Waals surface area contributed by atoms with Gasteiger partial charge in [-0.15, -0.1) is 0 Å². The van der Waals surface area contributed by atoms with E-state index < -0.39 is 10.1 Å². The van der Waals surface area contributed by atoms with Gasteiger partial charge in [-0.3, -0.25) is 9.54 Å². The molecule has 0 unspecified atom stereocenters. The molecule has 1 aromatic carbocycles. The minimum Gasteiger partial charge on any atom is -0.282 e. The van der Waals surface area contributed by atoms with Crippen LogP contribution < -0.4 is 0 Å². The van der Waals surface area contributed by atoms with Gasteiger partial charge in [-0.25, -0.2) is 4.98 Å². The maximum absolute atomic E-state index is 10.8. The van der Waals surface area contributed by atoms with Crippen molar-refractivity contribution < 1.29 is 13.0 Å². The predicted octanol–water partition coefficient (Wildman–Crippen LogP) is 1.53. The highest BCUT2D eigenvalue weighted by atomic mass is 35.5. The van der Waals surface area contributed by atoms with Crippen LogP contribution in [0.25, 0.3) is 11.0 Å². The van der Waals surface area contributed by atoms with Gasteiger partial charge in [0.2, 0.25) is 0 Å². The smallest absolute Gasteiger partial charge is 0.282 e. The van der Waals surface area contributed by atoms with Crippen LogP contribution in [0.4, 0.5) is 0 Å². The molecule has 1 aromatic heterocycles. The Kier molecular flexibility index (Phi) is 2.34. The van der Waals surface area contributed by atoms with Gasteiger partial charge >= 0.3 is 0 Å². The number of hydrogen-bond acceptors (Lipinski definition) is 4. The number of nitrogens with zero attached hydrogens (tertiary/aromatic N) is 2. The minimum absolute atomic E-state index is 0.162. The first-order valence-electron chi connectivity index (χ1n) is 3.86. The van der Waals surface area contributed by atoms with Gasteiger partial charge in [0.05, 0.1) is 22.1 Å². The van der Waals surface area contributed by atoms with Gasteiger partial charge in [0.25, 0.3) is 10.1 Å². The summed E-state index contributed by atoms with van der Waals surface area (Å²) in [5.41, 5.74) is 0.824. The summed E-state index contributed by atoms with van der Waals surface area (Å²) in [4.78, 5) is 7.58. The van der Waals surface area contributed by atoms with Crippen LogP contribution in [-0.4, -0.2) is 22.9 Å². The first-order valence-corrected chi connectivity index (χ1v) is 5.68. The summed E-state index contributed by atoms with van der Waals surface area (Å²) >= 11 is 5.60. The van der Waals surface area contributed by atoms with Gasteiger partial charge in [-0.2, -0.15) is 8.42 Å². The maximum Gasteiger partial charge on any atom is 0.294 e. The van der Waals surface area contributed by atoms with Crippen molar-refractivity contribution >= 4 is 32.8 Å². The molecule has 0 aliphatic rings. The standard InChI is InChI=1S/C8H5ClN2O3S/c9-8-4-10-6-2-1-5(15(12,13)14)3-7(6)11-8/h1-4H,(H,12,13,14). The van der Waals surface area contributed by atoms with E-state index in [1.165, 1.54) is 24.4 Å². The van der Waals surface area contributed by atoms with Crippen LogP contribution in [0.15, 0.2) is 29.3 Å². The van der Waals surface area contributed by atoms with Crippen LogP contribution in [0, 0.1) is 0 Å². The normalized spacial score (nSPS) is 11.9. The molecule has 0 saturated carbocycles. The topological polar surface area (TPSA) is 80.2 Å². The van der Waals surface area contributed by atoms with Crippen molar-refractivity contribution in [1.29, 1.82) is 0 Å². The molecule has 7 heteroatoms. The summed E-state index contributed by atoms with van der Waals surface area (Å²) in [6, 6.07) is 3.91. The van der Waals surface area contributed by atoms with Crippen LogP contribution in [0.3, 0.4) is 0 Å². The first-order chi connectivity index (χ1) is 6.97. The molecule has 78 valence electrons. The second kappa shape index (κ2) is 3.41. The van der Waals surface area contributed by atoms with Crippen molar-refractivity contribution in [3.05, 3.63) is 29.5 Å². The van der Waals surface area contributed by atoms with Crippen molar-refractivity contribution in [1.82, 2.24) is 9.97 Å². The van der Waals surface area contributed by atoms with E-state index in [0.29, 0.717) is 11.0 Å². The van der Waals surface area contributed by atoms with Crippen LogP contribution in [0.5, 0.6) is 0 Å². The molecule has 0 aliphatic carbocycles. The molecule has 1 heterocycles. The van der Waals surface area contributed by atoms with Crippen molar-refractivity contribution in [3.63, 3.8) is 0 Å². The van der Waals surface area contributed by atoms with E-state index in [1.807, 2.05) is 0 Å². The third-order valence-electron chi connectivity index (χ3n) is 1.78. The molecule has 0 radical (unpaired) electrons. The molecule has 1 N–H and O–H groups in total. The Morgan fingerprint density at radius 2 is 2.00 bits per heavy atom. The first kappa shape index (κ1) is 10.3. The van der Waals surface area contributed by atoms with E-state index >= 15 is 0 Å². The fourth-order valence-corrected chi connectivity index (χ4v) is 1.77. The highest BCUT2D eigenvalue weighted by Gasteiger charge is 2.10. The summed E-state index contributed by atoms with van der Waals surface area (Å²) < 4.78 is 30.5. The van der Waals surface area contributed by atoms with Crippen LogP contribution in [-0.2, 0) is 10.1 Å². The van der Waals surface area contributed by atoms with E-state index in [2.05, 4.69) is 9.97 Å². The number of hydrogen-bond donors (Lipinski definition) is 1. The maximum atomic E-state index is 10.8. The molecule has 2 rings (SSSR count). The van der Waals surface area contributed by atoms with Crippen LogP contribution in [0.1, 0.15) is 0 Å². The van der Waals surface area contributed by atoms with Crippen LogP contribution in [0.2, 0.25) is 5.15 Å². The van der Waals surface area contributed by atoms with E-state index in [1.54, 1.807) is 0 Å². The fourth-order valence-electron chi connectivity index (χ4n) is 1.13. The Balaban J connectivity index is 2.75. The second-order valence-electron chi connectivity index (χ2n) is 2.82. The lowest BCUT2D eigenvalue weighted by molar-refractivity contribution is 0.483. The zero-order chi connectivity index (χ0) is 11.1. The Morgan fingerprint density at radius 3 is 2.67 bits per heavy atom. The summed E-state index contributed by atoms with van der Waals surface area (Å²) in [5.74, 6) is 0. The number of aromatic nitrogens is 2. The number of rotatable bonds is 1. The zero-order valence-electron chi connectivity index (χ0n) is 7.25. The molecular weight excluding hydrogens is 240 g/mol. The molecule has 0 amide bonds. The van der Waals surface area contributed by atoms with Crippen molar-refractivity contribution in [3.8, 4) is 0 Å². The van der Waals surface area contributed by atoms with Gasteiger partial charge in [-0.05, 0) is 18.2 Å². The predicted molar refractivity (Wildman–Crippen MR) is 54.4 cm³/mol. The average molecular weight is 245 g/mol. The van der Waals surface area contributed by atoms with Crippen molar-refractivity contribution in [2.75, 3.05) is 0 Å². The summed E-state index contributed by atoms with van der Waals surface area (Å²) in [7, 11) is -4.22. The molecule has 0 aliphatic heterocycles. The quantitative estimate of drug-likeness (QED) is 0.770. The van der Waals surface area contributed by atoms with E-state index in [9.17, 15) is 8.42 Å². The van der Waals surface area contributed by atoms with E-state index in [-0.39, 0.29) is 10.0 Å². The number of fused-ring (bicyclic) bond motifs is 1. The molecule has 0 fully saturated rings. The average Bonchev–Trinajstić information content (AvgIpc) is 2.15. The number of halogens is 1. The Morgan fingerprint density at radius 1 is 1.27 bits per heavy atom. The summed E-state index contributed by atoms with van der Waals surface area (Å²) in [6.07, 6.45) is 1.36. The lowest BCUT2D eigenvalue weighted by Crippen LogP contribution is -1.98. The van der Waals surface area contributed by atoms with Gasteiger partial charge in [0.1, 0.15) is 5.15 Å². The van der Waals surface area contributed by atoms with Gasteiger partial charge in [0.15, 0.2) is 0 Å². The van der Waals surface area contributed by atoms with Crippen molar-refractivity contribution in [2.24, 2.45) is 0 Å². The molecule has 0 atom stereocenters. The Bertz CT molecular complexity index is 627. The molecule has 5 nitrogen and oxygen atoms in total. The third kappa shape index (κ3) is 2.06. The van der Waals surface area contributed by atoms with E-state index in [4.69, 9.17) is 16.2 Å². The molecule has 0 spiro atoms. The molecule has 0 bridgehead atoms. The second-order valence-corrected chi connectivity index (χ2v) is 4.63. The largest absolute Gasteiger partial charge is 0.294 e. The molecule has 15 heavy (non-hydrogen) atoms. The number of benzene rings is 1. The monoisotopic (exact) mass is 244 g/mol. The molecule has 0 saturated heterocycles. The molecular formula is C8H5ClN2O3S. The van der Waals surface area contributed by atoms with Crippen molar-refractivity contribution in [2.45, 2.75) is 4.90 Å². The lowest BCUT2D eigenvalue weighted by atomic mass is 10.3. The summed E-state index contributed by atoms with van der Waals surface area (Å²) in [6.45, 7) is 0. The van der Waals surface area contributed by atoms with Gasteiger partial charge in [-0.1, -0.05) is 11.6 Å². The highest BCUT2D eigenvalue weighted by molar-refractivity contribution is 7.85. The zero-order valence-corrected chi connectivity index (χ0v) is 8.83. The van der Waals surface area contributed by atoms with Crippen LogP contribution >= 0.6 is 11.6 Å². The third-order valence-corrected chi connectivity index (χ3v) is 2.81. The Labute approximate surface area is 90.5 Å². The highest BCUT2D eigenvalue weighted by Crippen LogP contribution is 2.17. The summed E-state index contributed by atoms with van der Waals surface area (Å²) in [5, 5.41) is 0.162. The Hall–Kier alpha value is -1.24. The minimum atomic E-state index is -4.22.